The summed E-state index contributed by atoms with van der Waals surface area (Å²) in [6.45, 7) is 3.63. The molecule has 3 atom stereocenters. The summed E-state index contributed by atoms with van der Waals surface area (Å²) in [6, 6.07) is 13.5. The van der Waals surface area contributed by atoms with Crippen molar-refractivity contribution in [3.63, 3.8) is 0 Å². The second-order valence-electron chi connectivity index (χ2n) is 7.00. The van der Waals surface area contributed by atoms with E-state index < -0.39 is 0 Å². The van der Waals surface area contributed by atoms with Gasteiger partial charge in [0.15, 0.2) is 5.82 Å². The predicted octanol–water partition coefficient (Wildman–Crippen LogP) is 3.08. The van der Waals surface area contributed by atoms with Crippen molar-refractivity contribution in [3.8, 4) is 0 Å². The van der Waals surface area contributed by atoms with Crippen LogP contribution in [0.5, 0.6) is 0 Å². The highest BCUT2D eigenvalue weighted by molar-refractivity contribution is 5.85. The molecule has 1 amide bonds. The molecule has 1 aliphatic rings. The Morgan fingerprint density at radius 3 is 2.57 bits per heavy atom. The molecule has 0 radical (unpaired) electrons. The minimum Gasteiger partial charge on any atom is -0.353 e. The number of amides is 1. The van der Waals surface area contributed by atoms with Crippen LogP contribution in [-0.2, 0) is 4.79 Å². The van der Waals surface area contributed by atoms with Gasteiger partial charge in [-0.05, 0) is 30.5 Å². The van der Waals surface area contributed by atoms with Crippen molar-refractivity contribution in [2.75, 3.05) is 25.0 Å². The molecule has 1 aromatic carbocycles. The Balaban J connectivity index is 0.00000196. The van der Waals surface area contributed by atoms with Gasteiger partial charge >= 0.3 is 0 Å². The Hall–Kier alpha value is -1.89. The molecule has 1 fully saturated rings. The number of hydrogen-bond acceptors (Lipinski definition) is 5. The molecular weight excluding hydrogens is 397 g/mol. The molecule has 154 valence electrons. The van der Waals surface area contributed by atoms with Gasteiger partial charge in [0, 0.05) is 38.4 Å². The number of carbonyl (C=O) groups excluding carboxylic acids is 1. The van der Waals surface area contributed by atoms with Gasteiger partial charge in [0.1, 0.15) is 0 Å². The fourth-order valence-electron chi connectivity index (χ4n) is 3.56. The predicted molar refractivity (Wildman–Crippen MR) is 117 cm³/mol. The molecular formula is C20H29Cl2N5O. The molecule has 1 aliphatic heterocycles. The fourth-order valence-corrected chi connectivity index (χ4v) is 3.56. The summed E-state index contributed by atoms with van der Waals surface area (Å²) in [5, 5.41) is 8.16. The van der Waals surface area contributed by atoms with Gasteiger partial charge in [-0.15, -0.1) is 29.9 Å². The number of likely N-dealkylation sites (N-methyl/N-ethyl adjacent to an activating group) is 1. The second-order valence-corrected chi connectivity index (χ2v) is 7.00. The summed E-state index contributed by atoms with van der Waals surface area (Å²) in [6.07, 6.45) is 3.69. The first kappa shape index (κ1) is 24.1. The molecule has 1 saturated heterocycles. The summed E-state index contributed by atoms with van der Waals surface area (Å²) in [7, 11) is 1.89. The quantitative estimate of drug-likeness (QED) is 0.796. The lowest BCUT2D eigenvalue weighted by Gasteiger charge is -2.39. The largest absolute Gasteiger partial charge is 0.353 e. The van der Waals surface area contributed by atoms with Crippen LogP contribution in [-0.4, -0.2) is 47.2 Å². The van der Waals surface area contributed by atoms with Crippen molar-refractivity contribution in [1.29, 1.82) is 0 Å². The Bertz CT molecular complexity index is 719. The smallest absolute Gasteiger partial charge is 0.227 e. The molecule has 3 unspecified atom stereocenters. The molecule has 8 heteroatoms. The molecule has 0 spiro atoms. The second kappa shape index (κ2) is 11.2. The molecule has 0 aliphatic carbocycles. The minimum atomic E-state index is -0.300. The van der Waals surface area contributed by atoms with Gasteiger partial charge in [-0.1, -0.05) is 37.3 Å². The van der Waals surface area contributed by atoms with Gasteiger partial charge in [-0.2, -0.15) is 5.10 Å². The van der Waals surface area contributed by atoms with E-state index in [1.165, 1.54) is 0 Å². The summed E-state index contributed by atoms with van der Waals surface area (Å²) in [5.41, 5.74) is 7.34. The lowest BCUT2D eigenvalue weighted by molar-refractivity contribution is -0.136. The maximum Gasteiger partial charge on any atom is 0.227 e. The first-order valence-corrected chi connectivity index (χ1v) is 9.17. The van der Waals surface area contributed by atoms with Crippen LogP contribution in [0, 0.1) is 5.92 Å². The summed E-state index contributed by atoms with van der Waals surface area (Å²) in [4.78, 5) is 17.1. The van der Waals surface area contributed by atoms with Crippen LogP contribution in [0.2, 0.25) is 0 Å². The molecule has 3 rings (SSSR count). The number of hydrogen-bond donors (Lipinski definition) is 1. The topological polar surface area (TPSA) is 75.4 Å². The lowest BCUT2D eigenvalue weighted by Crippen LogP contribution is -2.51. The molecule has 2 N–H and O–H groups in total. The van der Waals surface area contributed by atoms with Crippen molar-refractivity contribution < 1.29 is 4.79 Å². The Kier molecular flexibility index (Phi) is 9.65. The number of piperidine rings is 1. The number of aromatic nitrogens is 2. The Morgan fingerprint density at radius 1 is 1.21 bits per heavy atom. The molecule has 2 aromatic rings. The van der Waals surface area contributed by atoms with E-state index in [0.29, 0.717) is 0 Å². The monoisotopic (exact) mass is 425 g/mol. The third-order valence-electron chi connectivity index (χ3n) is 5.29. The summed E-state index contributed by atoms with van der Waals surface area (Å²) >= 11 is 0. The van der Waals surface area contributed by atoms with Crippen LogP contribution < -0.4 is 10.6 Å². The average Bonchev–Trinajstić information content (AvgIpc) is 2.73. The fraction of sp³-hybridized carbons (Fsp3) is 0.450. The van der Waals surface area contributed by atoms with Gasteiger partial charge in [0.05, 0.1) is 5.92 Å². The van der Waals surface area contributed by atoms with Crippen LogP contribution in [0.3, 0.4) is 0 Å². The Morgan fingerprint density at radius 2 is 1.93 bits per heavy atom. The van der Waals surface area contributed by atoms with Crippen LogP contribution in [0.4, 0.5) is 5.82 Å². The normalized spacial score (nSPS) is 18.2. The van der Waals surface area contributed by atoms with Gasteiger partial charge < -0.3 is 15.5 Å². The molecule has 0 bridgehead atoms. The van der Waals surface area contributed by atoms with Crippen molar-refractivity contribution in [2.24, 2.45) is 11.7 Å². The average molecular weight is 426 g/mol. The number of benzene rings is 1. The van der Waals surface area contributed by atoms with Crippen molar-refractivity contribution >= 4 is 36.5 Å². The Labute approximate surface area is 179 Å². The zero-order chi connectivity index (χ0) is 18.5. The van der Waals surface area contributed by atoms with E-state index >= 15 is 0 Å². The van der Waals surface area contributed by atoms with E-state index in [1.54, 1.807) is 6.20 Å². The van der Waals surface area contributed by atoms with Crippen LogP contribution in [0.25, 0.3) is 0 Å². The standard InChI is InChI=1S/C20H27N5O.2ClH/c1-15(19(21)16-8-4-3-5-9-16)20(26)24(2)17-10-7-13-25(14-17)18-11-6-12-22-23-18;;/h3-6,8-9,11-12,15,17,19H,7,10,13-14,21H2,1-2H3;2*1H. The highest BCUT2D eigenvalue weighted by Gasteiger charge is 2.31. The van der Waals surface area contributed by atoms with Gasteiger partial charge in [-0.3, -0.25) is 4.79 Å². The zero-order valence-electron chi connectivity index (χ0n) is 16.3. The highest BCUT2D eigenvalue weighted by atomic mass is 35.5. The third-order valence-corrected chi connectivity index (χ3v) is 5.29. The minimum absolute atomic E-state index is 0. The lowest BCUT2D eigenvalue weighted by atomic mass is 9.93. The number of nitrogens with zero attached hydrogens (tertiary/aromatic N) is 4. The maximum atomic E-state index is 13.0. The van der Waals surface area contributed by atoms with E-state index in [1.807, 2.05) is 61.3 Å². The van der Waals surface area contributed by atoms with Crippen LogP contribution in [0.15, 0.2) is 48.7 Å². The first-order chi connectivity index (χ1) is 12.6. The molecule has 28 heavy (non-hydrogen) atoms. The van der Waals surface area contributed by atoms with E-state index in [2.05, 4.69) is 15.1 Å². The number of anilines is 1. The summed E-state index contributed by atoms with van der Waals surface area (Å²) < 4.78 is 0. The van der Waals surface area contributed by atoms with Crippen molar-refractivity contribution in [3.05, 3.63) is 54.2 Å². The third kappa shape index (κ3) is 5.56. The van der Waals surface area contributed by atoms with E-state index in [0.717, 1.165) is 37.3 Å². The zero-order valence-corrected chi connectivity index (χ0v) is 17.9. The van der Waals surface area contributed by atoms with Crippen LogP contribution >= 0.6 is 24.8 Å². The maximum absolute atomic E-state index is 13.0. The first-order valence-electron chi connectivity index (χ1n) is 9.17. The SMILES string of the molecule is CC(C(=O)N(C)C1CCCN(c2cccnn2)C1)C(N)c1ccccc1.Cl.Cl. The summed E-state index contributed by atoms with van der Waals surface area (Å²) in [5.74, 6) is 0.689. The van der Waals surface area contributed by atoms with Crippen molar-refractivity contribution in [1.82, 2.24) is 15.1 Å². The van der Waals surface area contributed by atoms with Gasteiger partial charge in [0.2, 0.25) is 5.91 Å². The highest BCUT2D eigenvalue weighted by Crippen LogP contribution is 2.24. The molecule has 6 nitrogen and oxygen atoms in total. The molecule has 2 heterocycles. The number of nitrogens with two attached hydrogens (primary N) is 1. The number of carbonyl (C=O) groups is 1. The van der Waals surface area contributed by atoms with E-state index in [-0.39, 0.29) is 48.7 Å². The van der Waals surface area contributed by atoms with E-state index in [4.69, 9.17) is 5.73 Å². The number of rotatable bonds is 5. The molecule has 0 saturated carbocycles. The van der Waals surface area contributed by atoms with Gasteiger partial charge in [-0.25, -0.2) is 0 Å². The van der Waals surface area contributed by atoms with Crippen molar-refractivity contribution in [2.45, 2.75) is 31.8 Å². The molecule has 1 aromatic heterocycles. The van der Waals surface area contributed by atoms with Gasteiger partial charge in [0.25, 0.3) is 0 Å². The number of halogens is 2. The van der Waals surface area contributed by atoms with E-state index in [9.17, 15) is 4.79 Å². The van der Waals surface area contributed by atoms with Crippen LogP contribution in [0.1, 0.15) is 31.4 Å².